The number of hydrogen-bond donors (Lipinski definition) is 1. The molecule has 0 radical (unpaired) electrons. The zero-order valence-electron chi connectivity index (χ0n) is 20.7. The first kappa shape index (κ1) is 26.0. The molecule has 37 heavy (non-hydrogen) atoms. The maximum absolute atomic E-state index is 12.8. The van der Waals surface area contributed by atoms with E-state index < -0.39 is 5.91 Å². The quantitative estimate of drug-likeness (QED) is 0.173. The molecule has 1 atom stereocenters. The summed E-state index contributed by atoms with van der Waals surface area (Å²) in [5.74, 6) is 0.649. The number of amides is 1. The van der Waals surface area contributed by atoms with Gasteiger partial charge in [0.05, 0.1) is 17.1 Å². The average molecular weight is 555 g/mol. The summed E-state index contributed by atoms with van der Waals surface area (Å²) in [4.78, 5) is 12.8. The van der Waals surface area contributed by atoms with Crippen LogP contribution in [-0.4, -0.2) is 12.5 Å². The molecule has 0 aliphatic heterocycles. The van der Waals surface area contributed by atoms with Crippen LogP contribution < -0.4 is 14.8 Å². The Balaban J connectivity index is 1.57. The molecule has 0 spiro atoms. The number of fused-ring (bicyclic) bond motifs is 1. The van der Waals surface area contributed by atoms with E-state index in [9.17, 15) is 10.1 Å². The first-order valence-corrected chi connectivity index (χ1v) is 12.8. The summed E-state index contributed by atoms with van der Waals surface area (Å²) in [6.07, 6.45) is 1.55. The van der Waals surface area contributed by atoms with Gasteiger partial charge in [0.25, 0.3) is 5.91 Å². The van der Waals surface area contributed by atoms with E-state index in [1.807, 2.05) is 80.6 Å². The zero-order chi connectivity index (χ0) is 26.2. The van der Waals surface area contributed by atoms with Gasteiger partial charge in [-0.1, -0.05) is 72.8 Å². The highest BCUT2D eigenvalue weighted by atomic mass is 79.9. The molecule has 0 unspecified atom stereocenters. The van der Waals surface area contributed by atoms with Gasteiger partial charge < -0.3 is 14.8 Å². The Kier molecular flexibility index (Phi) is 8.60. The highest BCUT2D eigenvalue weighted by molar-refractivity contribution is 9.10. The van der Waals surface area contributed by atoms with Crippen LogP contribution in [0.4, 0.5) is 0 Å². The Morgan fingerprint density at radius 3 is 2.51 bits per heavy atom. The van der Waals surface area contributed by atoms with E-state index in [1.165, 1.54) is 0 Å². The largest absolute Gasteiger partial charge is 0.490 e. The molecule has 186 valence electrons. The van der Waals surface area contributed by atoms with Crippen LogP contribution >= 0.6 is 15.9 Å². The number of benzene rings is 4. The highest BCUT2D eigenvalue weighted by Gasteiger charge is 2.16. The Morgan fingerprint density at radius 2 is 1.76 bits per heavy atom. The molecule has 0 aromatic heterocycles. The van der Waals surface area contributed by atoms with Gasteiger partial charge in [-0.3, -0.25) is 4.79 Å². The van der Waals surface area contributed by atoms with Crippen molar-refractivity contribution in [3.63, 3.8) is 0 Å². The van der Waals surface area contributed by atoms with Gasteiger partial charge in [-0.15, -0.1) is 0 Å². The van der Waals surface area contributed by atoms with Crippen LogP contribution in [0.1, 0.15) is 36.6 Å². The first-order chi connectivity index (χ1) is 18.0. The van der Waals surface area contributed by atoms with Crippen molar-refractivity contribution < 1.29 is 14.3 Å². The minimum absolute atomic E-state index is 0.00144. The summed E-state index contributed by atoms with van der Waals surface area (Å²) in [7, 11) is 0. The van der Waals surface area contributed by atoms with E-state index in [0.717, 1.165) is 21.9 Å². The lowest BCUT2D eigenvalue weighted by Crippen LogP contribution is -2.27. The maximum Gasteiger partial charge on any atom is 0.262 e. The second-order valence-electron chi connectivity index (χ2n) is 8.47. The van der Waals surface area contributed by atoms with Gasteiger partial charge in [-0.2, -0.15) is 5.26 Å². The molecule has 0 aliphatic carbocycles. The number of carbonyl (C=O) groups is 1. The van der Waals surface area contributed by atoms with Gasteiger partial charge in [-0.25, -0.2) is 0 Å². The van der Waals surface area contributed by atoms with Gasteiger partial charge in [0.15, 0.2) is 11.5 Å². The number of nitrogens with one attached hydrogen (secondary N) is 1. The first-order valence-electron chi connectivity index (χ1n) is 12.0. The Bertz CT molecular complexity index is 1470. The molecule has 5 nitrogen and oxygen atoms in total. The van der Waals surface area contributed by atoms with Crippen LogP contribution in [0.3, 0.4) is 0 Å². The molecule has 1 amide bonds. The molecule has 0 aliphatic rings. The molecule has 4 aromatic rings. The molecule has 0 saturated carbocycles. The predicted molar refractivity (Wildman–Crippen MR) is 150 cm³/mol. The Hall–Kier alpha value is -4.08. The van der Waals surface area contributed by atoms with Crippen LogP contribution in [0.2, 0.25) is 0 Å². The number of ether oxygens (including phenoxy) is 2. The summed E-state index contributed by atoms with van der Waals surface area (Å²) in [6.45, 7) is 4.57. The van der Waals surface area contributed by atoms with E-state index in [1.54, 1.807) is 12.1 Å². The summed E-state index contributed by atoms with van der Waals surface area (Å²) >= 11 is 3.59. The highest BCUT2D eigenvalue weighted by Crippen LogP contribution is 2.38. The molecular weight excluding hydrogens is 528 g/mol. The number of halogens is 1. The fourth-order valence-electron chi connectivity index (χ4n) is 4.06. The zero-order valence-corrected chi connectivity index (χ0v) is 22.3. The van der Waals surface area contributed by atoms with E-state index in [4.69, 9.17) is 9.47 Å². The van der Waals surface area contributed by atoms with Crippen molar-refractivity contribution in [2.45, 2.75) is 26.5 Å². The molecule has 0 bridgehead atoms. The third kappa shape index (κ3) is 6.38. The standard InChI is InChI=1S/C31H27BrN2O3/c1-3-36-29-18-22(16-26(19-33)31(35)34-21(2)23-10-5-4-6-11-23)17-28(32)30(29)37-20-25-14-9-13-24-12-7-8-15-27(24)25/h4-18,21H,3,20H2,1-2H3,(H,34,35)/b26-16-/t21-/m1/s1. The van der Waals surface area contributed by atoms with Crippen molar-refractivity contribution in [2.24, 2.45) is 0 Å². The van der Waals surface area contributed by atoms with E-state index in [0.29, 0.717) is 34.7 Å². The summed E-state index contributed by atoms with van der Waals surface area (Å²) < 4.78 is 12.7. The van der Waals surface area contributed by atoms with Crippen LogP contribution in [0, 0.1) is 11.3 Å². The normalized spacial score (nSPS) is 12.0. The predicted octanol–water partition coefficient (Wildman–Crippen LogP) is 7.36. The lowest BCUT2D eigenvalue weighted by molar-refractivity contribution is -0.117. The SMILES string of the molecule is CCOc1cc(/C=C(/C#N)C(=O)N[C@H](C)c2ccccc2)cc(Br)c1OCc1cccc2ccccc12. The van der Waals surface area contributed by atoms with Crippen molar-refractivity contribution in [1.82, 2.24) is 5.32 Å². The monoisotopic (exact) mass is 554 g/mol. The minimum atomic E-state index is -0.441. The van der Waals surface area contributed by atoms with Gasteiger partial charge in [0.1, 0.15) is 18.2 Å². The van der Waals surface area contributed by atoms with Crippen molar-refractivity contribution in [3.05, 3.63) is 112 Å². The lowest BCUT2D eigenvalue weighted by Gasteiger charge is -2.16. The van der Waals surface area contributed by atoms with Gasteiger partial charge in [0, 0.05) is 0 Å². The second-order valence-corrected chi connectivity index (χ2v) is 9.32. The van der Waals surface area contributed by atoms with Crippen molar-refractivity contribution in [3.8, 4) is 17.6 Å². The number of nitrogens with zero attached hydrogens (tertiary/aromatic N) is 1. The fraction of sp³-hybridized carbons (Fsp3) is 0.161. The van der Waals surface area contributed by atoms with Crippen molar-refractivity contribution in [1.29, 1.82) is 5.26 Å². The molecule has 6 heteroatoms. The van der Waals surface area contributed by atoms with Crippen LogP contribution in [-0.2, 0) is 11.4 Å². The molecule has 4 rings (SSSR count). The van der Waals surface area contributed by atoms with Crippen molar-refractivity contribution >= 4 is 38.7 Å². The molecular formula is C31H27BrN2O3. The second kappa shape index (κ2) is 12.2. The van der Waals surface area contributed by atoms with Gasteiger partial charge in [-0.05, 0) is 75.4 Å². The number of rotatable bonds is 9. The molecule has 4 aromatic carbocycles. The molecule has 0 fully saturated rings. The third-order valence-corrected chi connectivity index (χ3v) is 6.50. The lowest BCUT2D eigenvalue weighted by atomic mass is 10.1. The van der Waals surface area contributed by atoms with Crippen LogP contribution in [0.15, 0.2) is 95.0 Å². The summed E-state index contributed by atoms with van der Waals surface area (Å²) in [5, 5.41) is 14.9. The topological polar surface area (TPSA) is 71.3 Å². The molecule has 0 heterocycles. The molecule has 0 saturated heterocycles. The van der Waals surface area contributed by atoms with E-state index in [2.05, 4.69) is 39.4 Å². The van der Waals surface area contributed by atoms with E-state index in [-0.39, 0.29) is 11.6 Å². The smallest absolute Gasteiger partial charge is 0.262 e. The van der Waals surface area contributed by atoms with Gasteiger partial charge >= 0.3 is 0 Å². The summed E-state index contributed by atoms with van der Waals surface area (Å²) in [5.41, 5.74) is 2.67. The Labute approximate surface area is 225 Å². The maximum atomic E-state index is 12.8. The number of hydrogen-bond acceptors (Lipinski definition) is 4. The minimum Gasteiger partial charge on any atom is -0.490 e. The molecule has 1 N–H and O–H groups in total. The number of nitriles is 1. The Morgan fingerprint density at radius 1 is 1.03 bits per heavy atom. The fourth-order valence-corrected chi connectivity index (χ4v) is 4.63. The van der Waals surface area contributed by atoms with Crippen molar-refractivity contribution in [2.75, 3.05) is 6.61 Å². The third-order valence-electron chi connectivity index (χ3n) is 5.91. The van der Waals surface area contributed by atoms with Gasteiger partial charge in [0.2, 0.25) is 0 Å². The van der Waals surface area contributed by atoms with Crippen LogP contribution in [0.25, 0.3) is 16.8 Å². The summed E-state index contributed by atoms with van der Waals surface area (Å²) in [6, 6.07) is 29.3. The van der Waals surface area contributed by atoms with E-state index >= 15 is 0 Å². The average Bonchev–Trinajstić information content (AvgIpc) is 2.92. The number of carbonyl (C=O) groups excluding carboxylic acids is 1. The van der Waals surface area contributed by atoms with Crippen LogP contribution in [0.5, 0.6) is 11.5 Å².